The Balaban J connectivity index is 1.63. The molecule has 138 valence electrons. The third-order valence-electron chi connectivity index (χ3n) is 4.16. The number of nitrogens with one attached hydrogen (secondary N) is 2. The first-order chi connectivity index (χ1) is 12.6. The van der Waals surface area contributed by atoms with E-state index in [1.54, 1.807) is 24.3 Å². The van der Waals surface area contributed by atoms with Gasteiger partial charge in [-0.3, -0.25) is 4.79 Å². The second-order valence-electron chi connectivity index (χ2n) is 6.08. The first kappa shape index (κ1) is 18.4. The molecule has 26 heavy (non-hydrogen) atoms. The summed E-state index contributed by atoms with van der Waals surface area (Å²) in [5, 5.41) is 14.5. The number of anilines is 2. The lowest BCUT2D eigenvalue weighted by molar-refractivity contribution is 0.102. The average Bonchev–Trinajstić information content (AvgIpc) is 3.17. The second-order valence-corrected chi connectivity index (χ2v) is 6.48. The van der Waals surface area contributed by atoms with Crippen molar-refractivity contribution in [2.45, 2.75) is 25.9 Å². The number of carbonyl (C=O) groups is 1. The van der Waals surface area contributed by atoms with Gasteiger partial charge in [-0.1, -0.05) is 11.6 Å². The SMILES string of the molecule is COc1cc(Cl)c(C)cc1NC(=O)c1ccc(NCC2CCCO2)nn1. The Hall–Kier alpha value is -2.38. The molecule has 1 saturated heterocycles. The number of hydrogen-bond acceptors (Lipinski definition) is 6. The lowest BCUT2D eigenvalue weighted by atomic mass is 10.2. The first-order valence-corrected chi connectivity index (χ1v) is 8.79. The van der Waals surface area contributed by atoms with Crippen LogP contribution < -0.4 is 15.4 Å². The number of aromatic nitrogens is 2. The van der Waals surface area contributed by atoms with Crippen LogP contribution in [-0.2, 0) is 4.74 Å². The number of amides is 1. The van der Waals surface area contributed by atoms with Crippen LogP contribution in [-0.4, -0.2) is 42.5 Å². The molecule has 0 radical (unpaired) electrons. The largest absolute Gasteiger partial charge is 0.495 e. The Morgan fingerprint density at radius 2 is 2.23 bits per heavy atom. The fourth-order valence-corrected chi connectivity index (χ4v) is 2.84. The molecule has 8 heteroatoms. The van der Waals surface area contributed by atoms with Gasteiger partial charge in [0.25, 0.3) is 5.91 Å². The minimum atomic E-state index is -0.372. The van der Waals surface area contributed by atoms with E-state index in [4.69, 9.17) is 21.1 Å². The highest BCUT2D eigenvalue weighted by Gasteiger charge is 2.16. The van der Waals surface area contributed by atoms with Gasteiger partial charge in [-0.25, -0.2) is 0 Å². The number of rotatable bonds is 6. The van der Waals surface area contributed by atoms with Crippen molar-refractivity contribution in [1.29, 1.82) is 0 Å². The molecule has 0 bridgehead atoms. The summed E-state index contributed by atoms with van der Waals surface area (Å²) in [6.45, 7) is 3.35. The van der Waals surface area contributed by atoms with E-state index >= 15 is 0 Å². The molecular formula is C18H21ClN4O3. The van der Waals surface area contributed by atoms with Gasteiger partial charge in [-0.15, -0.1) is 10.2 Å². The Morgan fingerprint density at radius 3 is 2.88 bits per heavy atom. The molecule has 1 aliphatic rings. The van der Waals surface area contributed by atoms with Crippen molar-refractivity contribution in [3.8, 4) is 5.75 Å². The van der Waals surface area contributed by atoms with Crippen LogP contribution >= 0.6 is 11.6 Å². The fraction of sp³-hybridized carbons (Fsp3) is 0.389. The standard InChI is InChI=1S/C18H21ClN4O3/c1-11-8-15(16(25-2)9-13(11)19)21-18(24)14-5-6-17(23-22-14)20-10-12-4-3-7-26-12/h5-6,8-9,12H,3-4,7,10H2,1-2H3,(H,20,23)(H,21,24). The van der Waals surface area contributed by atoms with Gasteiger partial charge in [-0.2, -0.15) is 0 Å². The molecule has 2 heterocycles. The molecular weight excluding hydrogens is 356 g/mol. The van der Waals surface area contributed by atoms with Gasteiger partial charge in [0.1, 0.15) is 11.6 Å². The van der Waals surface area contributed by atoms with Crippen molar-refractivity contribution in [2.75, 3.05) is 30.9 Å². The van der Waals surface area contributed by atoms with E-state index in [0.29, 0.717) is 28.8 Å². The van der Waals surface area contributed by atoms with E-state index < -0.39 is 0 Å². The fourth-order valence-electron chi connectivity index (χ4n) is 2.69. The van der Waals surface area contributed by atoms with Crippen molar-refractivity contribution >= 4 is 29.0 Å². The van der Waals surface area contributed by atoms with Gasteiger partial charge in [0.05, 0.1) is 18.9 Å². The zero-order valence-corrected chi connectivity index (χ0v) is 15.5. The maximum Gasteiger partial charge on any atom is 0.276 e. The summed E-state index contributed by atoms with van der Waals surface area (Å²) >= 11 is 6.08. The van der Waals surface area contributed by atoms with Crippen LogP contribution in [0.3, 0.4) is 0 Å². The highest BCUT2D eigenvalue weighted by molar-refractivity contribution is 6.31. The summed E-state index contributed by atoms with van der Waals surface area (Å²) in [6, 6.07) is 6.76. The molecule has 0 spiro atoms. The number of methoxy groups -OCH3 is 1. The minimum absolute atomic E-state index is 0.209. The van der Waals surface area contributed by atoms with E-state index in [2.05, 4.69) is 20.8 Å². The normalized spacial score (nSPS) is 16.3. The molecule has 7 nitrogen and oxygen atoms in total. The molecule has 1 unspecified atom stereocenters. The summed E-state index contributed by atoms with van der Waals surface area (Å²) in [4.78, 5) is 12.4. The molecule has 1 aromatic carbocycles. The monoisotopic (exact) mass is 376 g/mol. The van der Waals surface area contributed by atoms with Crippen molar-refractivity contribution in [2.24, 2.45) is 0 Å². The summed E-state index contributed by atoms with van der Waals surface area (Å²) in [7, 11) is 1.52. The Labute approximate surface area is 157 Å². The summed E-state index contributed by atoms with van der Waals surface area (Å²) in [5.41, 5.74) is 1.58. The third kappa shape index (κ3) is 4.42. The van der Waals surface area contributed by atoms with Crippen LogP contribution in [0, 0.1) is 6.92 Å². The van der Waals surface area contributed by atoms with Crippen LogP contribution in [0.2, 0.25) is 5.02 Å². The van der Waals surface area contributed by atoms with E-state index in [1.807, 2.05) is 6.92 Å². The number of ether oxygens (including phenoxy) is 2. The van der Waals surface area contributed by atoms with Gasteiger partial charge in [0, 0.05) is 24.2 Å². The number of aryl methyl sites for hydroxylation is 1. The molecule has 0 saturated carbocycles. The second kappa shape index (κ2) is 8.33. The van der Waals surface area contributed by atoms with Gasteiger partial charge in [0.2, 0.25) is 0 Å². The van der Waals surface area contributed by atoms with Crippen LogP contribution in [0.4, 0.5) is 11.5 Å². The molecule has 1 atom stereocenters. The lowest BCUT2D eigenvalue weighted by Gasteiger charge is -2.12. The number of nitrogens with zero attached hydrogens (tertiary/aromatic N) is 2. The van der Waals surface area contributed by atoms with Crippen LogP contribution in [0.5, 0.6) is 5.75 Å². The maximum absolute atomic E-state index is 12.4. The highest BCUT2D eigenvalue weighted by Crippen LogP contribution is 2.31. The topological polar surface area (TPSA) is 85.4 Å². The highest BCUT2D eigenvalue weighted by atomic mass is 35.5. The van der Waals surface area contributed by atoms with Crippen molar-refractivity contribution < 1.29 is 14.3 Å². The quantitative estimate of drug-likeness (QED) is 0.804. The zero-order chi connectivity index (χ0) is 18.5. The van der Waals surface area contributed by atoms with Gasteiger partial charge in [-0.05, 0) is 43.5 Å². The van der Waals surface area contributed by atoms with Crippen molar-refractivity contribution in [3.05, 3.63) is 40.5 Å². The molecule has 3 rings (SSSR count). The number of carbonyl (C=O) groups excluding carboxylic acids is 1. The molecule has 1 amide bonds. The van der Waals surface area contributed by atoms with Crippen molar-refractivity contribution in [3.63, 3.8) is 0 Å². The Kier molecular flexibility index (Phi) is 5.90. The van der Waals surface area contributed by atoms with E-state index in [-0.39, 0.29) is 17.7 Å². The minimum Gasteiger partial charge on any atom is -0.495 e. The number of halogens is 1. The van der Waals surface area contributed by atoms with Gasteiger partial charge < -0.3 is 20.1 Å². The van der Waals surface area contributed by atoms with Crippen LogP contribution in [0.1, 0.15) is 28.9 Å². The summed E-state index contributed by atoms with van der Waals surface area (Å²) < 4.78 is 10.8. The average molecular weight is 377 g/mol. The van der Waals surface area contributed by atoms with Gasteiger partial charge >= 0.3 is 0 Å². The Morgan fingerprint density at radius 1 is 1.38 bits per heavy atom. The first-order valence-electron chi connectivity index (χ1n) is 8.41. The molecule has 2 N–H and O–H groups in total. The maximum atomic E-state index is 12.4. The molecule has 2 aromatic rings. The Bertz CT molecular complexity index is 777. The predicted molar refractivity (Wildman–Crippen MR) is 100 cm³/mol. The molecule has 1 aromatic heterocycles. The van der Waals surface area contributed by atoms with Crippen LogP contribution in [0.15, 0.2) is 24.3 Å². The molecule has 1 aliphatic heterocycles. The van der Waals surface area contributed by atoms with Crippen molar-refractivity contribution in [1.82, 2.24) is 10.2 Å². The summed E-state index contributed by atoms with van der Waals surface area (Å²) in [6.07, 6.45) is 2.34. The summed E-state index contributed by atoms with van der Waals surface area (Å²) in [5.74, 6) is 0.719. The lowest BCUT2D eigenvalue weighted by Crippen LogP contribution is -2.20. The van der Waals surface area contributed by atoms with E-state index in [0.717, 1.165) is 25.0 Å². The van der Waals surface area contributed by atoms with E-state index in [9.17, 15) is 4.79 Å². The van der Waals surface area contributed by atoms with E-state index in [1.165, 1.54) is 7.11 Å². The number of benzene rings is 1. The number of hydrogen-bond donors (Lipinski definition) is 2. The predicted octanol–water partition coefficient (Wildman–Crippen LogP) is 3.29. The molecule has 0 aliphatic carbocycles. The third-order valence-corrected chi connectivity index (χ3v) is 4.57. The smallest absolute Gasteiger partial charge is 0.276 e. The van der Waals surface area contributed by atoms with Gasteiger partial charge in [0.15, 0.2) is 5.69 Å². The molecule has 1 fully saturated rings. The van der Waals surface area contributed by atoms with Crippen LogP contribution in [0.25, 0.3) is 0 Å². The zero-order valence-electron chi connectivity index (χ0n) is 14.7.